The number of benzene rings is 5. The van der Waals surface area contributed by atoms with Crippen molar-refractivity contribution in [3.63, 3.8) is 0 Å². The van der Waals surface area contributed by atoms with Gasteiger partial charge in [0.15, 0.2) is 0 Å². The molecule has 1 fully saturated rings. The maximum atomic E-state index is 13.0. The van der Waals surface area contributed by atoms with Gasteiger partial charge < -0.3 is 18.4 Å². The van der Waals surface area contributed by atoms with Crippen LogP contribution >= 0.6 is 0 Å². The SMILES string of the molecule is CC(C)Cc1cc(-c2[c-]cc(F)cc2)ncc1[Si](C)(C)C.[2H]C([2H])([2H])c1ccc2c(ccc3nc(-c4[c-]ccc5c4oc4nc(C6CCCCC6)ccc45)n(-c4ccc(C)c5oc6ccccc6c45)c32)n1.[Ir]. The second-order valence-electron chi connectivity index (χ2n) is 19.8. The van der Waals surface area contributed by atoms with Crippen LogP contribution < -0.4 is 5.19 Å². The molecule has 0 saturated heterocycles. The van der Waals surface area contributed by atoms with Gasteiger partial charge in [-0.1, -0.05) is 99.6 Å². The summed E-state index contributed by atoms with van der Waals surface area (Å²) in [4.78, 5) is 19.5. The van der Waals surface area contributed by atoms with Crippen LogP contribution in [0.4, 0.5) is 4.39 Å². The molecule has 5 aromatic carbocycles. The van der Waals surface area contributed by atoms with Gasteiger partial charge in [-0.3, -0.25) is 14.4 Å². The largest absolute Gasteiger partial charge is 0.486 e. The van der Waals surface area contributed by atoms with Crippen LogP contribution in [0.2, 0.25) is 19.6 Å². The molecule has 10 heteroatoms. The number of aromatic nitrogens is 5. The van der Waals surface area contributed by atoms with Crippen molar-refractivity contribution in [3.8, 4) is 28.3 Å². The number of para-hydroxylation sites is 1. The molecular weight excluding hydrogens is 1050 g/mol. The molecule has 0 atom stereocenters. The van der Waals surface area contributed by atoms with Crippen LogP contribution in [0.25, 0.3) is 94.3 Å². The minimum absolute atomic E-state index is 0. The first-order valence-corrected chi connectivity index (χ1v) is 27.3. The molecule has 0 bridgehead atoms. The average Bonchev–Trinajstić information content (AvgIpc) is 4.06. The molecule has 0 amide bonds. The quantitative estimate of drug-likeness (QED) is 0.117. The van der Waals surface area contributed by atoms with Crippen molar-refractivity contribution in [2.45, 2.75) is 91.7 Å². The predicted octanol–water partition coefficient (Wildman–Crippen LogP) is 15.3. The number of aryl methyl sites for hydroxylation is 2. The molecule has 0 unspecified atom stereocenters. The third-order valence-corrected chi connectivity index (χ3v) is 15.5. The zero-order valence-electron chi connectivity index (χ0n) is 42.6. The number of fused-ring (bicyclic) bond motifs is 9. The minimum Gasteiger partial charge on any atom is -0.486 e. The van der Waals surface area contributed by atoms with E-state index in [1.54, 1.807) is 12.1 Å². The fourth-order valence-corrected chi connectivity index (χ4v) is 11.8. The Balaban J connectivity index is 0.000000229. The number of rotatable bonds is 7. The van der Waals surface area contributed by atoms with Crippen LogP contribution in [0.3, 0.4) is 0 Å². The van der Waals surface area contributed by atoms with E-state index in [0.717, 1.165) is 96.6 Å². The molecule has 11 aromatic rings. The summed E-state index contributed by atoms with van der Waals surface area (Å²) < 4.78 is 52.3. The standard InChI is InChI=1S/C41H31N4O2.C18H23FNSi.Ir/c1-23-15-22-34(36-29-11-6-7-14-35(29)46-38(23)36)45-37-28-17-16-24(2)42-32(28)20-21-33(37)43-40(45)30-13-8-12-26-27-18-19-31(25-9-4-3-5-10-25)44-41(27)47-39(26)30;1-13(2)10-15-11-17(14-6-8-16(19)9-7-14)20-12-18(15)21(3,4)5;/h6-8,11-12,14-22,25H,3-5,9-10H2,1-2H3;6,8-9,11-13H,10H2,1-5H3;/q2*-1;/i2D3;;. The Morgan fingerprint density at radius 2 is 1.62 bits per heavy atom. The Bertz CT molecular complexity index is 3830. The Labute approximate surface area is 420 Å². The van der Waals surface area contributed by atoms with Crippen molar-refractivity contribution in [1.29, 1.82) is 0 Å². The van der Waals surface area contributed by atoms with Gasteiger partial charge in [0.2, 0.25) is 5.71 Å². The van der Waals surface area contributed by atoms with Gasteiger partial charge in [0.1, 0.15) is 11.2 Å². The van der Waals surface area contributed by atoms with E-state index in [2.05, 4.69) is 103 Å². The fourth-order valence-electron chi connectivity index (χ4n) is 10.2. The van der Waals surface area contributed by atoms with Crippen LogP contribution in [0.1, 0.15) is 78.5 Å². The summed E-state index contributed by atoms with van der Waals surface area (Å²) in [5.41, 5.74) is 11.8. The van der Waals surface area contributed by atoms with Gasteiger partial charge >= 0.3 is 0 Å². The first-order valence-electron chi connectivity index (χ1n) is 25.3. The Kier molecular flexibility index (Phi) is 11.5. The van der Waals surface area contributed by atoms with E-state index in [9.17, 15) is 4.39 Å². The van der Waals surface area contributed by atoms with Crippen molar-refractivity contribution in [3.05, 3.63) is 156 Å². The molecule has 69 heavy (non-hydrogen) atoms. The summed E-state index contributed by atoms with van der Waals surface area (Å²) in [6, 6.07) is 40.8. The third kappa shape index (κ3) is 8.61. The Morgan fingerprint density at radius 1 is 0.812 bits per heavy atom. The normalized spacial score (nSPS) is 14.3. The van der Waals surface area contributed by atoms with E-state index in [1.165, 1.54) is 42.1 Å². The van der Waals surface area contributed by atoms with E-state index < -0.39 is 14.9 Å². The van der Waals surface area contributed by atoms with Crippen molar-refractivity contribution in [2.24, 2.45) is 5.92 Å². The zero-order chi connectivity index (χ0) is 49.3. The topological polar surface area (TPSA) is 82.8 Å². The molecule has 0 aliphatic heterocycles. The van der Waals surface area contributed by atoms with Crippen molar-refractivity contribution < 1.29 is 37.4 Å². The molecule has 12 rings (SSSR count). The van der Waals surface area contributed by atoms with E-state index in [4.69, 9.17) is 22.9 Å². The smallest absolute Gasteiger partial charge is 0.216 e. The van der Waals surface area contributed by atoms with E-state index in [1.807, 2.05) is 54.7 Å². The molecule has 0 spiro atoms. The monoisotopic (exact) mass is 1110 g/mol. The number of nitrogens with zero attached hydrogens (tertiary/aromatic N) is 5. The van der Waals surface area contributed by atoms with Gasteiger partial charge in [-0.15, -0.1) is 48.0 Å². The van der Waals surface area contributed by atoms with Crippen molar-refractivity contribution >= 4 is 79.2 Å². The van der Waals surface area contributed by atoms with Gasteiger partial charge in [-0.25, -0.2) is 4.98 Å². The number of furan rings is 2. The summed E-state index contributed by atoms with van der Waals surface area (Å²) in [5.74, 6) is 1.44. The molecule has 1 aliphatic carbocycles. The van der Waals surface area contributed by atoms with Gasteiger partial charge in [-0.05, 0) is 104 Å². The number of pyridine rings is 3. The van der Waals surface area contributed by atoms with Gasteiger partial charge in [-0.2, -0.15) is 0 Å². The second-order valence-corrected chi connectivity index (χ2v) is 24.8. The van der Waals surface area contributed by atoms with Crippen LogP contribution in [0, 0.1) is 37.6 Å². The van der Waals surface area contributed by atoms with Gasteiger partial charge in [0.25, 0.3) is 0 Å². The fraction of sp³-hybridized carbons (Fsp3) is 0.254. The molecule has 1 aliphatic rings. The molecule has 1 radical (unpaired) electrons. The first kappa shape index (κ1) is 42.8. The zero-order valence-corrected chi connectivity index (χ0v) is 43.0. The summed E-state index contributed by atoms with van der Waals surface area (Å²) in [6.07, 6.45) is 9.15. The van der Waals surface area contributed by atoms with Crippen LogP contribution in [0.5, 0.6) is 0 Å². The number of hydrogen-bond donors (Lipinski definition) is 0. The molecule has 7 nitrogen and oxygen atoms in total. The summed E-state index contributed by atoms with van der Waals surface area (Å²) in [5, 5.41) is 6.06. The molecule has 0 N–H and O–H groups in total. The summed E-state index contributed by atoms with van der Waals surface area (Å²) >= 11 is 0. The molecule has 6 heterocycles. The number of imidazole rings is 1. The van der Waals surface area contributed by atoms with Crippen molar-refractivity contribution in [2.75, 3.05) is 0 Å². The van der Waals surface area contributed by atoms with Crippen LogP contribution in [-0.2, 0) is 26.5 Å². The molecule has 349 valence electrons. The number of hydrogen-bond acceptors (Lipinski definition) is 6. The summed E-state index contributed by atoms with van der Waals surface area (Å²) in [7, 11) is -1.41. The van der Waals surface area contributed by atoms with E-state index in [0.29, 0.717) is 40.0 Å². The Morgan fingerprint density at radius 3 is 2.41 bits per heavy atom. The van der Waals surface area contributed by atoms with Gasteiger partial charge in [0.05, 0.1) is 47.1 Å². The molecule has 6 aromatic heterocycles. The van der Waals surface area contributed by atoms with E-state index >= 15 is 0 Å². The maximum Gasteiger partial charge on any atom is 0.216 e. The maximum absolute atomic E-state index is 13.0. The Hall–Kier alpha value is -6.32. The van der Waals surface area contributed by atoms with Crippen LogP contribution in [0.15, 0.2) is 124 Å². The van der Waals surface area contributed by atoms with Crippen molar-refractivity contribution in [1.82, 2.24) is 24.5 Å². The molecule has 1 saturated carbocycles. The second kappa shape index (κ2) is 18.5. The van der Waals surface area contributed by atoms with E-state index in [-0.39, 0.29) is 31.6 Å². The van der Waals surface area contributed by atoms with Gasteiger partial charge in [0, 0.05) is 69.7 Å². The number of halogens is 1. The third-order valence-electron chi connectivity index (χ3n) is 13.5. The predicted molar refractivity (Wildman–Crippen MR) is 278 cm³/mol. The minimum atomic E-state index is -2.33. The first-order chi connectivity index (χ1) is 34.1. The summed E-state index contributed by atoms with van der Waals surface area (Å²) in [6.45, 7) is 11.2. The van der Waals surface area contributed by atoms with Crippen LogP contribution in [-0.4, -0.2) is 32.6 Å². The average molecular weight is 1110 g/mol. The molecular formula is C59H54FIrN5O2Si-2.